The summed E-state index contributed by atoms with van der Waals surface area (Å²) < 4.78 is 0. The van der Waals surface area contributed by atoms with Gasteiger partial charge in [-0.2, -0.15) is 0 Å². The molecule has 0 saturated carbocycles. The van der Waals surface area contributed by atoms with E-state index in [1.54, 1.807) is 13.0 Å². The number of carbonyl (C=O) groups is 1. The van der Waals surface area contributed by atoms with Crippen molar-refractivity contribution >= 4 is 11.7 Å². The minimum atomic E-state index is -0.198. The Morgan fingerprint density at radius 1 is 1.13 bits per heavy atom. The maximum Gasteiger partial charge on any atom is 0.270 e. The average Bonchev–Trinajstić information content (AvgIpc) is 2.43. The van der Waals surface area contributed by atoms with E-state index < -0.39 is 0 Å². The quantitative estimate of drug-likeness (QED) is 0.909. The molecule has 0 fully saturated rings. The number of nitrogens with zero attached hydrogens (tertiary/aromatic N) is 2. The second-order valence-electron chi connectivity index (χ2n) is 6.67. The fourth-order valence-corrected chi connectivity index (χ4v) is 2.21. The molecule has 5 heteroatoms. The van der Waals surface area contributed by atoms with Gasteiger partial charge >= 0.3 is 0 Å². The minimum Gasteiger partial charge on any atom is -0.365 e. The lowest BCUT2D eigenvalue weighted by atomic mass is 10.1. The lowest BCUT2D eigenvalue weighted by Crippen LogP contribution is -2.28. The molecule has 1 amide bonds. The molecule has 0 spiro atoms. The van der Waals surface area contributed by atoms with Crippen LogP contribution in [0, 0.1) is 13.8 Å². The number of benzene rings is 1. The lowest BCUT2D eigenvalue weighted by molar-refractivity contribution is 0.0945. The summed E-state index contributed by atoms with van der Waals surface area (Å²) in [5, 5.41) is 6.19. The fourth-order valence-electron chi connectivity index (χ4n) is 2.21. The van der Waals surface area contributed by atoms with Gasteiger partial charge in [-0.05, 0) is 45.7 Å². The molecule has 0 unspecified atom stereocenters. The highest BCUT2D eigenvalue weighted by Gasteiger charge is 2.14. The van der Waals surface area contributed by atoms with E-state index in [2.05, 4.69) is 20.6 Å². The van der Waals surface area contributed by atoms with Crippen molar-refractivity contribution in [3.63, 3.8) is 0 Å². The van der Waals surface area contributed by atoms with Crippen molar-refractivity contribution in [1.82, 2.24) is 15.3 Å². The van der Waals surface area contributed by atoms with Gasteiger partial charge in [0, 0.05) is 18.2 Å². The molecule has 1 aromatic carbocycles. The van der Waals surface area contributed by atoms with E-state index in [1.807, 2.05) is 52.0 Å². The van der Waals surface area contributed by atoms with E-state index >= 15 is 0 Å². The van der Waals surface area contributed by atoms with Crippen LogP contribution < -0.4 is 10.6 Å². The van der Waals surface area contributed by atoms with Gasteiger partial charge in [0.1, 0.15) is 17.3 Å². The molecule has 0 atom stereocenters. The molecule has 2 aromatic rings. The van der Waals surface area contributed by atoms with E-state index in [0.717, 1.165) is 11.1 Å². The standard InChI is InChI=1S/C18H24N4O/c1-12-8-6-7-9-14(12)11-19-17(23)15-10-16(21-13(2)20-15)22-18(3,4)5/h6-10H,11H2,1-5H3,(H,19,23)(H,20,21,22). The third-order valence-electron chi connectivity index (χ3n) is 3.27. The van der Waals surface area contributed by atoms with Crippen molar-refractivity contribution in [2.45, 2.75) is 46.7 Å². The highest BCUT2D eigenvalue weighted by molar-refractivity contribution is 5.92. The SMILES string of the molecule is Cc1nc(NC(C)(C)C)cc(C(=O)NCc2ccccc2C)n1. The molecule has 2 rings (SSSR count). The molecule has 0 aliphatic carbocycles. The summed E-state index contributed by atoms with van der Waals surface area (Å²) in [4.78, 5) is 20.9. The Morgan fingerprint density at radius 2 is 1.83 bits per heavy atom. The molecule has 2 N–H and O–H groups in total. The van der Waals surface area contributed by atoms with E-state index in [-0.39, 0.29) is 11.4 Å². The molecule has 5 nitrogen and oxygen atoms in total. The first-order chi connectivity index (χ1) is 10.7. The van der Waals surface area contributed by atoms with Gasteiger partial charge in [0.15, 0.2) is 0 Å². The molecule has 0 saturated heterocycles. The Balaban J connectivity index is 2.11. The number of nitrogens with one attached hydrogen (secondary N) is 2. The minimum absolute atomic E-state index is 0.129. The largest absolute Gasteiger partial charge is 0.365 e. The first-order valence-corrected chi connectivity index (χ1v) is 7.71. The number of rotatable bonds is 4. The highest BCUT2D eigenvalue weighted by atomic mass is 16.1. The zero-order chi connectivity index (χ0) is 17.0. The maximum absolute atomic E-state index is 12.4. The Labute approximate surface area is 137 Å². The first kappa shape index (κ1) is 16.9. The Bertz CT molecular complexity index is 704. The number of anilines is 1. The Morgan fingerprint density at radius 3 is 2.48 bits per heavy atom. The number of carbonyl (C=O) groups excluding carboxylic acids is 1. The first-order valence-electron chi connectivity index (χ1n) is 7.71. The fraction of sp³-hybridized carbons (Fsp3) is 0.389. The summed E-state index contributed by atoms with van der Waals surface area (Å²) in [5.41, 5.74) is 2.50. The smallest absolute Gasteiger partial charge is 0.270 e. The predicted octanol–water partition coefficient (Wildman–Crippen LogP) is 3.23. The summed E-state index contributed by atoms with van der Waals surface area (Å²) in [5.74, 6) is 1.03. The van der Waals surface area contributed by atoms with Crippen LogP contribution in [0.15, 0.2) is 30.3 Å². The summed E-state index contributed by atoms with van der Waals surface area (Å²) >= 11 is 0. The number of amides is 1. The number of aryl methyl sites for hydroxylation is 2. The molecular weight excluding hydrogens is 288 g/mol. The molecule has 0 bridgehead atoms. The summed E-state index contributed by atoms with van der Waals surface area (Å²) in [6, 6.07) is 9.67. The van der Waals surface area contributed by atoms with Crippen LogP contribution in [0.4, 0.5) is 5.82 Å². The summed E-state index contributed by atoms with van der Waals surface area (Å²) in [7, 11) is 0. The molecule has 122 valence electrons. The molecule has 23 heavy (non-hydrogen) atoms. The average molecular weight is 312 g/mol. The van der Waals surface area contributed by atoms with E-state index in [4.69, 9.17) is 0 Å². The van der Waals surface area contributed by atoms with Crippen LogP contribution in [-0.4, -0.2) is 21.4 Å². The van der Waals surface area contributed by atoms with Crippen LogP contribution in [0.3, 0.4) is 0 Å². The van der Waals surface area contributed by atoms with Crippen molar-refractivity contribution in [1.29, 1.82) is 0 Å². The number of hydrogen-bond acceptors (Lipinski definition) is 4. The van der Waals surface area contributed by atoms with Crippen LogP contribution in [0.2, 0.25) is 0 Å². The lowest BCUT2D eigenvalue weighted by Gasteiger charge is -2.21. The number of hydrogen-bond donors (Lipinski definition) is 2. The summed E-state index contributed by atoms with van der Waals surface area (Å²) in [6.07, 6.45) is 0. The second-order valence-corrected chi connectivity index (χ2v) is 6.67. The Hall–Kier alpha value is -2.43. The molecular formula is C18H24N4O. The van der Waals surface area contributed by atoms with Gasteiger partial charge in [0.25, 0.3) is 5.91 Å². The maximum atomic E-state index is 12.4. The van der Waals surface area contributed by atoms with Crippen molar-refractivity contribution in [3.05, 3.63) is 53.0 Å². The van der Waals surface area contributed by atoms with Gasteiger partial charge in [0.2, 0.25) is 0 Å². The number of aromatic nitrogens is 2. The topological polar surface area (TPSA) is 66.9 Å². The normalized spacial score (nSPS) is 11.2. The molecule has 0 aliphatic rings. The van der Waals surface area contributed by atoms with Gasteiger partial charge in [-0.3, -0.25) is 4.79 Å². The predicted molar refractivity (Wildman–Crippen MR) is 92.5 cm³/mol. The molecule has 1 heterocycles. The van der Waals surface area contributed by atoms with Crippen LogP contribution in [-0.2, 0) is 6.54 Å². The van der Waals surface area contributed by atoms with Crippen molar-refractivity contribution in [3.8, 4) is 0 Å². The van der Waals surface area contributed by atoms with Crippen molar-refractivity contribution in [2.75, 3.05) is 5.32 Å². The van der Waals surface area contributed by atoms with Crippen LogP contribution in [0.25, 0.3) is 0 Å². The van der Waals surface area contributed by atoms with Crippen LogP contribution in [0.5, 0.6) is 0 Å². The van der Waals surface area contributed by atoms with Gasteiger partial charge < -0.3 is 10.6 Å². The van der Waals surface area contributed by atoms with Gasteiger partial charge in [0.05, 0.1) is 0 Å². The molecule has 1 aromatic heterocycles. The second kappa shape index (κ2) is 6.77. The summed E-state index contributed by atoms with van der Waals surface area (Å²) in [6.45, 7) is 10.4. The third kappa shape index (κ3) is 5.06. The Kier molecular flexibility index (Phi) is 4.98. The van der Waals surface area contributed by atoms with E-state index in [0.29, 0.717) is 23.9 Å². The van der Waals surface area contributed by atoms with E-state index in [9.17, 15) is 4.79 Å². The third-order valence-corrected chi connectivity index (χ3v) is 3.27. The van der Waals surface area contributed by atoms with Crippen LogP contribution in [0.1, 0.15) is 48.2 Å². The van der Waals surface area contributed by atoms with Gasteiger partial charge in [-0.15, -0.1) is 0 Å². The molecule has 0 radical (unpaired) electrons. The van der Waals surface area contributed by atoms with Crippen molar-refractivity contribution < 1.29 is 4.79 Å². The van der Waals surface area contributed by atoms with Crippen LogP contribution >= 0.6 is 0 Å². The van der Waals surface area contributed by atoms with Gasteiger partial charge in [-0.25, -0.2) is 9.97 Å². The zero-order valence-corrected chi connectivity index (χ0v) is 14.4. The van der Waals surface area contributed by atoms with Crippen molar-refractivity contribution in [2.24, 2.45) is 0 Å². The molecule has 0 aliphatic heterocycles. The highest BCUT2D eigenvalue weighted by Crippen LogP contribution is 2.14. The van der Waals surface area contributed by atoms with Gasteiger partial charge in [-0.1, -0.05) is 24.3 Å². The zero-order valence-electron chi connectivity index (χ0n) is 14.4. The van der Waals surface area contributed by atoms with E-state index in [1.165, 1.54) is 0 Å². The monoisotopic (exact) mass is 312 g/mol.